The number of carboxylic acid groups (broad SMARTS) is 1. The van der Waals surface area contributed by atoms with Gasteiger partial charge in [0.1, 0.15) is 49.3 Å². The molecule has 2 fully saturated rings. The van der Waals surface area contributed by atoms with Crippen molar-refractivity contribution in [2.75, 3.05) is 20.8 Å². The van der Waals surface area contributed by atoms with Gasteiger partial charge in [0.05, 0.1) is 0 Å². The molecule has 192 valence electrons. The minimum absolute atomic E-state index is 0.144. The van der Waals surface area contributed by atoms with Crippen LogP contribution in [-0.2, 0) is 47.5 Å². The number of carbonyl (C=O) groups is 2. The number of aliphatic hydroxyl groups is 3. The van der Waals surface area contributed by atoms with Crippen molar-refractivity contribution in [1.29, 1.82) is 0 Å². The van der Waals surface area contributed by atoms with E-state index >= 15 is 0 Å². The van der Waals surface area contributed by atoms with Crippen LogP contribution in [0, 0.1) is 0 Å². The van der Waals surface area contributed by atoms with Crippen molar-refractivity contribution in [2.45, 2.75) is 68.3 Å². The van der Waals surface area contributed by atoms with Crippen LogP contribution in [0.5, 0.6) is 0 Å². The number of hydrogen-bond donors (Lipinski definition) is 6. The van der Waals surface area contributed by atoms with E-state index in [4.69, 9.17) is 28.2 Å². The summed E-state index contributed by atoms with van der Waals surface area (Å²) in [5.74, 6) is -2.04. The Balaban J connectivity index is 2.26. The summed E-state index contributed by atoms with van der Waals surface area (Å²) in [5.41, 5.74) is 0. The molecule has 16 nitrogen and oxygen atoms in total. The molecule has 1 amide bonds. The Kier molecular flexibility index (Phi) is 11.1. The highest BCUT2D eigenvalue weighted by atomic mass is 32.2. The quantitative estimate of drug-likeness (QED) is 0.0720. The molecule has 0 bridgehead atoms. The molecule has 2 saturated heterocycles. The van der Waals surface area contributed by atoms with E-state index in [2.05, 4.69) is 19.6 Å². The minimum atomic E-state index is -1.78. The molecule has 2 rings (SSSR count). The fourth-order valence-corrected chi connectivity index (χ4v) is 3.56. The van der Waals surface area contributed by atoms with Crippen LogP contribution in [-0.4, -0.2) is 119 Å². The molecule has 0 aliphatic carbocycles. The Morgan fingerprint density at radius 2 is 1.70 bits per heavy atom. The van der Waals surface area contributed by atoms with Crippen molar-refractivity contribution in [1.82, 2.24) is 5.32 Å². The van der Waals surface area contributed by atoms with Gasteiger partial charge in [-0.3, -0.25) is 4.79 Å². The van der Waals surface area contributed by atoms with Crippen molar-refractivity contribution in [3.63, 3.8) is 0 Å². The van der Waals surface area contributed by atoms with Gasteiger partial charge in [-0.15, -0.1) is 4.33 Å². The van der Waals surface area contributed by atoms with Crippen LogP contribution < -0.4 is 5.32 Å². The first kappa shape index (κ1) is 28.1. The van der Waals surface area contributed by atoms with Crippen molar-refractivity contribution in [3.05, 3.63) is 0 Å². The first-order valence-electron chi connectivity index (χ1n) is 9.48. The summed E-state index contributed by atoms with van der Waals surface area (Å²) in [5, 5.41) is 47.6. The summed E-state index contributed by atoms with van der Waals surface area (Å²) in [6.45, 7) is 0.705. The number of carbonyl (C=O) groups excluding carboxylic acids is 1. The second-order valence-corrected chi connectivity index (χ2v) is 7.32. The van der Waals surface area contributed by atoms with Crippen LogP contribution in [0.25, 0.3) is 0 Å². The normalized spacial score (nSPS) is 39.2. The standard InChI is InChI=1S/C16H27NO15S/c1-5(18)17-7-11(8(19)6(28-15(7)26-3)4-27-31-32-33-24)29-16-10(21)9(20)12(25-2)13(30-16)14(22)23/h6-13,15-16,19-21,24H,4H2,1-3H3,(H,17,18)(H,22,23)/t6?,7?,8-,9+,10?,11+,12-,13?,15+,16+/m0/s1. The first-order chi connectivity index (χ1) is 15.7. The maximum Gasteiger partial charge on any atom is 0.335 e. The van der Waals surface area contributed by atoms with Crippen LogP contribution in [0.1, 0.15) is 6.92 Å². The Morgan fingerprint density at radius 1 is 1.00 bits per heavy atom. The Labute approximate surface area is 191 Å². The lowest BCUT2D eigenvalue weighted by molar-refractivity contribution is -0.471. The van der Waals surface area contributed by atoms with Gasteiger partial charge in [-0.1, -0.05) is 5.04 Å². The number of nitrogens with one attached hydrogen (secondary N) is 1. The molecule has 2 aliphatic heterocycles. The van der Waals surface area contributed by atoms with E-state index in [9.17, 15) is 30.0 Å². The molecule has 0 aromatic carbocycles. The molecular formula is C16H27NO15S. The monoisotopic (exact) mass is 505 g/mol. The molecule has 10 atom stereocenters. The van der Waals surface area contributed by atoms with E-state index in [0.717, 1.165) is 7.11 Å². The van der Waals surface area contributed by atoms with Crippen LogP contribution >= 0.6 is 12.3 Å². The number of hydrogen-bond acceptors (Lipinski definition) is 15. The van der Waals surface area contributed by atoms with Crippen molar-refractivity contribution >= 4 is 24.2 Å². The van der Waals surface area contributed by atoms with Crippen molar-refractivity contribution in [2.24, 2.45) is 0 Å². The van der Waals surface area contributed by atoms with E-state index in [-0.39, 0.29) is 12.3 Å². The highest BCUT2D eigenvalue weighted by molar-refractivity contribution is 7.88. The van der Waals surface area contributed by atoms with Gasteiger partial charge in [-0.25, -0.2) is 9.68 Å². The number of aliphatic hydroxyl groups excluding tert-OH is 3. The first-order valence-corrected chi connectivity index (χ1v) is 10.2. The third kappa shape index (κ3) is 6.92. The van der Waals surface area contributed by atoms with Crippen LogP contribution in [0.15, 0.2) is 0 Å². The SMILES string of the molecule is CO[C@@H]1OC(COOOSO)[C@H](O)[C@H](O[C@@H]2OC(C(=O)O)[C@@H](OC)[C@H](O)C2O)C1NC(C)=O. The third-order valence-electron chi connectivity index (χ3n) is 4.97. The molecule has 0 saturated carbocycles. The van der Waals surface area contributed by atoms with E-state index in [1.807, 2.05) is 0 Å². The third-order valence-corrected chi connectivity index (χ3v) is 5.08. The molecule has 0 radical (unpaired) electrons. The fraction of sp³-hybridized carbons (Fsp3) is 0.875. The Bertz CT molecular complexity index is 643. The highest BCUT2D eigenvalue weighted by Crippen LogP contribution is 2.30. The lowest BCUT2D eigenvalue weighted by atomic mass is 9.95. The zero-order valence-corrected chi connectivity index (χ0v) is 18.5. The smallest absolute Gasteiger partial charge is 0.335 e. The van der Waals surface area contributed by atoms with Gasteiger partial charge in [0.25, 0.3) is 0 Å². The van der Waals surface area contributed by atoms with E-state index in [0.29, 0.717) is 0 Å². The molecule has 4 unspecified atom stereocenters. The number of methoxy groups -OCH3 is 2. The molecule has 0 aromatic rings. The van der Waals surface area contributed by atoms with E-state index < -0.39 is 79.8 Å². The van der Waals surface area contributed by atoms with Crippen LogP contribution in [0.2, 0.25) is 0 Å². The summed E-state index contributed by atoms with van der Waals surface area (Å²) < 4.78 is 39.1. The molecule has 2 aliphatic rings. The van der Waals surface area contributed by atoms with Crippen molar-refractivity contribution in [3.8, 4) is 0 Å². The number of carboxylic acids is 1. The predicted octanol–water partition coefficient (Wildman–Crippen LogP) is -2.84. The summed E-state index contributed by atoms with van der Waals surface area (Å²) in [6, 6.07) is -1.17. The summed E-state index contributed by atoms with van der Waals surface area (Å²) in [4.78, 5) is 27.9. The summed E-state index contributed by atoms with van der Waals surface area (Å²) in [6.07, 6.45) is -13.8. The topological polar surface area (TPSA) is 221 Å². The average Bonchev–Trinajstić information content (AvgIpc) is 2.77. The highest BCUT2D eigenvalue weighted by Gasteiger charge is 2.53. The van der Waals surface area contributed by atoms with Crippen LogP contribution in [0.4, 0.5) is 0 Å². The molecule has 0 aromatic heterocycles. The summed E-state index contributed by atoms with van der Waals surface area (Å²) in [7, 11) is 2.37. The lowest BCUT2D eigenvalue weighted by Crippen LogP contribution is -2.68. The maximum absolute atomic E-state index is 11.7. The zero-order chi connectivity index (χ0) is 24.7. The molecular weight excluding hydrogens is 478 g/mol. The second kappa shape index (κ2) is 13.0. The van der Waals surface area contributed by atoms with Crippen molar-refractivity contribution < 1.29 is 72.5 Å². The maximum atomic E-state index is 11.7. The zero-order valence-electron chi connectivity index (χ0n) is 17.7. The predicted molar refractivity (Wildman–Crippen MR) is 102 cm³/mol. The number of rotatable bonds is 11. The van der Waals surface area contributed by atoms with Gasteiger partial charge < -0.3 is 54.0 Å². The number of amides is 1. The van der Waals surface area contributed by atoms with Gasteiger partial charge >= 0.3 is 5.97 Å². The van der Waals surface area contributed by atoms with Gasteiger partial charge in [0, 0.05) is 21.1 Å². The van der Waals surface area contributed by atoms with Gasteiger partial charge in [-0.05, 0) is 0 Å². The largest absolute Gasteiger partial charge is 0.479 e. The van der Waals surface area contributed by atoms with Crippen LogP contribution in [0.3, 0.4) is 0 Å². The minimum Gasteiger partial charge on any atom is -0.479 e. The molecule has 0 spiro atoms. The molecule has 2 heterocycles. The van der Waals surface area contributed by atoms with E-state index in [1.165, 1.54) is 14.0 Å². The fourth-order valence-electron chi connectivity index (χ4n) is 3.50. The van der Waals surface area contributed by atoms with Gasteiger partial charge in [0.2, 0.25) is 5.91 Å². The Hall–Kier alpha value is -1.19. The van der Waals surface area contributed by atoms with Gasteiger partial charge in [0.15, 0.2) is 31.0 Å². The number of ether oxygens (including phenoxy) is 5. The summed E-state index contributed by atoms with van der Waals surface area (Å²) >= 11 is -0.144. The van der Waals surface area contributed by atoms with E-state index in [1.54, 1.807) is 0 Å². The van der Waals surface area contributed by atoms with Gasteiger partial charge in [-0.2, -0.15) is 0 Å². The molecule has 6 N–H and O–H groups in total. The molecule has 17 heteroatoms. The number of aliphatic carboxylic acids is 1. The molecule has 33 heavy (non-hydrogen) atoms. The lowest BCUT2D eigenvalue weighted by Gasteiger charge is -2.47. The average molecular weight is 505 g/mol. The second-order valence-electron chi connectivity index (χ2n) is 7.04. The Morgan fingerprint density at radius 3 is 2.24 bits per heavy atom.